The molecule has 2 N–H and O–H groups in total. The van der Waals surface area contributed by atoms with E-state index in [9.17, 15) is 10.2 Å². The lowest BCUT2D eigenvalue weighted by atomic mass is 9.55. The van der Waals surface area contributed by atoms with Crippen molar-refractivity contribution in [3.05, 3.63) is 29.3 Å². The van der Waals surface area contributed by atoms with Gasteiger partial charge >= 0.3 is 0 Å². The van der Waals surface area contributed by atoms with Crippen LogP contribution in [0.1, 0.15) is 43.2 Å². The highest BCUT2D eigenvalue weighted by Gasteiger charge is 2.63. The number of hydrogen-bond donors (Lipinski definition) is 2. The number of hydrogen-bond acceptors (Lipinski definition) is 4. The molecule has 2 saturated carbocycles. The lowest BCUT2D eigenvalue weighted by molar-refractivity contribution is -0.0341. The summed E-state index contributed by atoms with van der Waals surface area (Å²) in [5, 5.41) is 21.3. The van der Waals surface area contributed by atoms with Crippen LogP contribution in [0.2, 0.25) is 0 Å². The van der Waals surface area contributed by atoms with Gasteiger partial charge in [-0.05, 0) is 66.7 Å². The van der Waals surface area contributed by atoms with E-state index < -0.39 is 12.2 Å². The minimum absolute atomic E-state index is 0.0899. The first-order valence-corrected chi connectivity index (χ1v) is 9.37. The largest absolute Gasteiger partial charge is 0.497 e. The normalized spacial score (nSPS) is 43.7. The molecule has 8 atom stereocenters. The van der Waals surface area contributed by atoms with E-state index in [0.29, 0.717) is 11.8 Å². The summed E-state index contributed by atoms with van der Waals surface area (Å²) in [6.07, 6.45) is 2.31. The van der Waals surface area contributed by atoms with Gasteiger partial charge in [-0.1, -0.05) is 13.0 Å². The maximum atomic E-state index is 10.8. The monoisotopic (exact) mass is 350 g/mol. The van der Waals surface area contributed by atoms with Crippen LogP contribution in [0.25, 0.3) is 0 Å². The van der Waals surface area contributed by atoms with Gasteiger partial charge < -0.3 is 19.5 Å². The van der Waals surface area contributed by atoms with E-state index in [1.54, 1.807) is 7.11 Å². The van der Waals surface area contributed by atoms with Crippen LogP contribution >= 0.6 is 9.47 Å². The Morgan fingerprint density at radius 3 is 2.71 bits per heavy atom. The van der Waals surface area contributed by atoms with Crippen molar-refractivity contribution in [2.75, 3.05) is 7.11 Å². The molecule has 1 aromatic carbocycles. The topological polar surface area (TPSA) is 58.9 Å². The van der Waals surface area contributed by atoms with Gasteiger partial charge in [0.2, 0.25) is 0 Å². The summed E-state index contributed by atoms with van der Waals surface area (Å²) >= 11 is 0. The molecule has 0 amide bonds. The molecule has 4 nitrogen and oxygen atoms in total. The molecule has 1 aromatic rings. The Balaban J connectivity index is 1.71. The smallest absolute Gasteiger partial charge is 0.119 e. The second kappa shape index (κ2) is 5.95. The van der Waals surface area contributed by atoms with Crippen LogP contribution in [-0.4, -0.2) is 35.6 Å². The van der Waals surface area contributed by atoms with Crippen LogP contribution in [-0.2, 0) is 10.9 Å². The lowest BCUT2D eigenvalue weighted by Crippen LogP contribution is -2.46. The third kappa shape index (κ3) is 2.20. The van der Waals surface area contributed by atoms with Gasteiger partial charge in [0.15, 0.2) is 0 Å². The maximum Gasteiger partial charge on any atom is 0.119 e. The number of benzene rings is 1. The summed E-state index contributed by atoms with van der Waals surface area (Å²) in [6, 6.07) is 6.41. The van der Waals surface area contributed by atoms with Crippen molar-refractivity contribution >= 4 is 9.47 Å². The zero-order valence-corrected chi connectivity index (χ0v) is 15.5. The van der Waals surface area contributed by atoms with Gasteiger partial charge in [-0.25, -0.2) is 0 Å². The van der Waals surface area contributed by atoms with Crippen LogP contribution in [0.4, 0.5) is 0 Å². The van der Waals surface area contributed by atoms with Gasteiger partial charge in [0.1, 0.15) is 11.9 Å². The van der Waals surface area contributed by atoms with Crippen LogP contribution in [0.15, 0.2) is 18.2 Å². The molecule has 0 spiro atoms. The van der Waals surface area contributed by atoms with Crippen molar-refractivity contribution in [2.24, 2.45) is 17.3 Å². The Morgan fingerprint density at radius 1 is 1.21 bits per heavy atom. The number of fused-ring (bicyclic) bond motifs is 5. The molecule has 3 aliphatic carbocycles. The summed E-state index contributed by atoms with van der Waals surface area (Å²) in [5.41, 5.74) is 2.63. The van der Waals surface area contributed by atoms with E-state index in [1.807, 2.05) is 6.07 Å². The summed E-state index contributed by atoms with van der Waals surface area (Å²) in [6.45, 7) is 2.19. The fourth-order valence-corrected chi connectivity index (χ4v) is 6.43. The Labute approximate surface area is 145 Å². The van der Waals surface area contributed by atoms with Gasteiger partial charge in [0.25, 0.3) is 0 Å². The molecule has 2 fully saturated rings. The third-order valence-electron chi connectivity index (χ3n) is 7.05. The zero-order chi connectivity index (χ0) is 17.1. The first-order chi connectivity index (χ1) is 11.5. The third-order valence-corrected chi connectivity index (χ3v) is 7.35. The summed E-state index contributed by atoms with van der Waals surface area (Å²) in [7, 11) is 4.00. The molecular weight excluding hydrogens is 323 g/mol. The SMILES string of the molecule is COc1ccc2c(c1)CCC1C2CCC2(C)C(OP)C(O)C(O)C12. The highest BCUT2D eigenvalue weighted by Crippen LogP contribution is 2.61. The predicted octanol–water partition coefficient (Wildman–Crippen LogP) is 2.67. The Morgan fingerprint density at radius 2 is 2.00 bits per heavy atom. The molecule has 0 radical (unpaired) electrons. The van der Waals surface area contributed by atoms with E-state index in [1.165, 1.54) is 11.1 Å². The molecule has 24 heavy (non-hydrogen) atoms. The number of rotatable bonds is 2. The highest BCUT2D eigenvalue weighted by molar-refractivity contribution is 7.09. The van der Waals surface area contributed by atoms with E-state index in [4.69, 9.17) is 9.26 Å². The zero-order valence-electron chi connectivity index (χ0n) is 14.3. The number of aliphatic hydroxyl groups is 2. The van der Waals surface area contributed by atoms with Gasteiger partial charge in [-0.2, -0.15) is 0 Å². The second-order valence-corrected chi connectivity index (χ2v) is 8.25. The van der Waals surface area contributed by atoms with Crippen LogP contribution in [0, 0.1) is 17.3 Å². The highest BCUT2D eigenvalue weighted by atomic mass is 31.0. The van der Waals surface area contributed by atoms with Crippen LogP contribution in [0.5, 0.6) is 5.75 Å². The first kappa shape index (κ1) is 16.8. The predicted molar refractivity (Wildman–Crippen MR) is 95.0 cm³/mol. The second-order valence-electron chi connectivity index (χ2n) is 7.98. The Kier molecular flexibility index (Phi) is 4.16. The molecule has 132 valence electrons. The number of aliphatic hydroxyl groups excluding tert-OH is 2. The summed E-state index contributed by atoms with van der Waals surface area (Å²) in [4.78, 5) is 0. The van der Waals surface area contributed by atoms with E-state index >= 15 is 0 Å². The summed E-state index contributed by atoms with van der Waals surface area (Å²) in [5.74, 6) is 1.87. The fourth-order valence-electron chi connectivity index (χ4n) is 5.96. The number of ether oxygens (including phenoxy) is 1. The number of methoxy groups -OCH3 is 1. The molecule has 0 saturated heterocycles. The van der Waals surface area contributed by atoms with Gasteiger partial charge in [-0.3, -0.25) is 0 Å². The molecule has 0 heterocycles. The van der Waals surface area contributed by atoms with Crippen molar-refractivity contribution in [1.29, 1.82) is 0 Å². The molecule has 0 bridgehead atoms. The Hall–Kier alpha value is -0.670. The minimum atomic E-state index is -0.798. The van der Waals surface area contributed by atoms with Crippen molar-refractivity contribution in [1.82, 2.24) is 0 Å². The average Bonchev–Trinajstić information content (AvgIpc) is 2.79. The molecule has 0 aliphatic heterocycles. The van der Waals surface area contributed by atoms with E-state index in [2.05, 4.69) is 28.5 Å². The number of aryl methyl sites for hydroxylation is 1. The van der Waals surface area contributed by atoms with E-state index in [-0.39, 0.29) is 17.4 Å². The fraction of sp³-hybridized carbons (Fsp3) is 0.684. The molecule has 5 heteroatoms. The molecule has 8 unspecified atom stereocenters. The Bertz CT molecular complexity index is 636. The first-order valence-electron chi connectivity index (χ1n) is 8.89. The summed E-state index contributed by atoms with van der Waals surface area (Å²) < 4.78 is 10.9. The van der Waals surface area contributed by atoms with Crippen molar-refractivity contribution in [2.45, 2.75) is 56.8 Å². The van der Waals surface area contributed by atoms with Gasteiger partial charge in [0.05, 0.1) is 19.3 Å². The molecular formula is C19H27O4P. The standard InChI is InChI=1S/C19H27O4P/c1-19-8-7-13-12-6-4-11(22-2)9-10(12)3-5-14(13)15(19)16(20)17(21)18(19)23-24/h4,6,9,13-18,20-21H,3,5,7-8,24H2,1-2H3. The van der Waals surface area contributed by atoms with E-state index in [0.717, 1.165) is 31.4 Å². The molecule has 3 aliphatic rings. The van der Waals surface area contributed by atoms with Crippen molar-refractivity contribution in [3.63, 3.8) is 0 Å². The van der Waals surface area contributed by atoms with Gasteiger partial charge in [-0.15, -0.1) is 0 Å². The minimum Gasteiger partial charge on any atom is -0.497 e. The average molecular weight is 350 g/mol. The van der Waals surface area contributed by atoms with Crippen molar-refractivity contribution < 1.29 is 19.5 Å². The van der Waals surface area contributed by atoms with Crippen molar-refractivity contribution in [3.8, 4) is 5.75 Å². The van der Waals surface area contributed by atoms with Gasteiger partial charge in [0, 0.05) is 14.9 Å². The quantitative estimate of drug-likeness (QED) is 0.805. The maximum absolute atomic E-state index is 10.8. The lowest BCUT2D eigenvalue weighted by Gasteiger charge is -2.50. The van der Waals surface area contributed by atoms with Crippen LogP contribution in [0.3, 0.4) is 0 Å². The molecule has 4 rings (SSSR count). The van der Waals surface area contributed by atoms with Crippen LogP contribution < -0.4 is 4.74 Å². The molecule has 0 aromatic heterocycles.